The first kappa shape index (κ1) is 20.4. The Labute approximate surface area is 178 Å². The number of nitrogens with zero attached hydrogens (tertiary/aromatic N) is 2. The molecule has 7 heteroatoms. The second-order valence-electron chi connectivity index (χ2n) is 7.38. The summed E-state index contributed by atoms with van der Waals surface area (Å²) < 4.78 is 16.5. The van der Waals surface area contributed by atoms with Gasteiger partial charge >= 0.3 is 5.63 Å². The highest BCUT2D eigenvalue weighted by molar-refractivity contribution is 5.96. The van der Waals surface area contributed by atoms with E-state index >= 15 is 0 Å². The third kappa shape index (κ3) is 4.83. The summed E-state index contributed by atoms with van der Waals surface area (Å²) in [6.45, 7) is 4.24. The maximum Gasteiger partial charge on any atom is 0.349 e. The average molecular weight is 418 g/mol. The van der Waals surface area contributed by atoms with Gasteiger partial charge in [0.25, 0.3) is 5.91 Å². The zero-order chi connectivity index (χ0) is 21.8. The van der Waals surface area contributed by atoms with Crippen molar-refractivity contribution >= 4 is 16.9 Å². The highest BCUT2D eigenvalue weighted by Crippen LogP contribution is 2.22. The number of hydrogen-bond donors (Lipinski definition) is 0. The molecule has 0 atom stereocenters. The van der Waals surface area contributed by atoms with Crippen LogP contribution >= 0.6 is 0 Å². The van der Waals surface area contributed by atoms with Crippen LogP contribution in [0.15, 0.2) is 80.7 Å². The number of benzene rings is 1. The van der Waals surface area contributed by atoms with Crippen LogP contribution in [-0.4, -0.2) is 21.9 Å². The number of fused-ring (bicyclic) bond motifs is 1. The summed E-state index contributed by atoms with van der Waals surface area (Å²) in [6, 6.07) is 15.7. The molecule has 1 amide bonds. The van der Waals surface area contributed by atoms with Crippen LogP contribution in [0.4, 0.5) is 0 Å². The van der Waals surface area contributed by atoms with Gasteiger partial charge in [-0.3, -0.25) is 9.78 Å². The molecule has 31 heavy (non-hydrogen) atoms. The molecule has 1 aromatic carbocycles. The summed E-state index contributed by atoms with van der Waals surface area (Å²) in [7, 11) is 0. The first-order valence-corrected chi connectivity index (χ1v) is 9.96. The molecule has 0 N–H and O–H groups in total. The minimum absolute atomic E-state index is 0.00761. The van der Waals surface area contributed by atoms with Gasteiger partial charge in [0.05, 0.1) is 31.2 Å². The molecule has 3 aromatic heterocycles. The Bertz CT molecular complexity index is 1230. The first-order valence-electron chi connectivity index (χ1n) is 9.96. The van der Waals surface area contributed by atoms with Gasteiger partial charge in [-0.2, -0.15) is 0 Å². The smallest absolute Gasteiger partial charge is 0.349 e. The molecular formula is C24H22N2O5. The third-order valence-corrected chi connectivity index (χ3v) is 4.60. The van der Waals surface area contributed by atoms with Gasteiger partial charge in [-0.25, -0.2) is 4.79 Å². The van der Waals surface area contributed by atoms with Gasteiger partial charge < -0.3 is 18.5 Å². The van der Waals surface area contributed by atoms with Crippen LogP contribution in [0.5, 0.6) is 5.75 Å². The summed E-state index contributed by atoms with van der Waals surface area (Å²) in [5.74, 6) is 0.740. The molecule has 0 aliphatic heterocycles. The predicted octanol–water partition coefficient (Wildman–Crippen LogP) is 4.41. The largest absolute Gasteiger partial charge is 0.491 e. The van der Waals surface area contributed by atoms with E-state index in [2.05, 4.69) is 4.98 Å². The molecule has 0 unspecified atom stereocenters. The fourth-order valence-corrected chi connectivity index (χ4v) is 3.23. The minimum atomic E-state index is -0.704. The Hall–Kier alpha value is -3.87. The highest BCUT2D eigenvalue weighted by atomic mass is 16.5. The summed E-state index contributed by atoms with van der Waals surface area (Å²) in [6.07, 6.45) is 3.19. The number of carbonyl (C=O) groups excluding carboxylic acids is 1. The van der Waals surface area contributed by atoms with Crippen LogP contribution in [-0.2, 0) is 13.1 Å². The first-order chi connectivity index (χ1) is 15.0. The molecular weight excluding hydrogens is 396 g/mol. The standard InChI is InChI=1S/C24H22N2O5/c1-16(2)30-19-9-8-17-12-21(24(28)31-22(17)13-19)23(27)26(15-20-7-5-11-29-20)14-18-6-3-4-10-25-18/h3-13,16H,14-15H2,1-2H3. The number of furan rings is 1. The van der Waals surface area contributed by atoms with Crippen molar-refractivity contribution in [1.82, 2.24) is 9.88 Å². The van der Waals surface area contributed by atoms with E-state index < -0.39 is 11.5 Å². The molecule has 4 rings (SSSR count). The summed E-state index contributed by atoms with van der Waals surface area (Å²) in [4.78, 5) is 31.8. The maximum atomic E-state index is 13.3. The molecule has 0 bridgehead atoms. The van der Waals surface area contributed by atoms with Gasteiger partial charge in [-0.05, 0) is 56.3 Å². The molecule has 0 fully saturated rings. The van der Waals surface area contributed by atoms with Gasteiger partial charge in [-0.15, -0.1) is 0 Å². The lowest BCUT2D eigenvalue weighted by Gasteiger charge is -2.21. The fourth-order valence-electron chi connectivity index (χ4n) is 3.23. The SMILES string of the molecule is CC(C)Oc1ccc2cc(C(=O)N(Cc3ccccn3)Cc3ccco3)c(=O)oc2c1. The number of pyridine rings is 1. The number of carbonyl (C=O) groups is 1. The van der Waals surface area contributed by atoms with Crippen molar-refractivity contribution in [3.8, 4) is 5.75 Å². The van der Waals surface area contributed by atoms with E-state index in [9.17, 15) is 9.59 Å². The number of ether oxygens (including phenoxy) is 1. The molecule has 4 aromatic rings. The van der Waals surface area contributed by atoms with Crippen molar-refractivity contribution in [2.24, 2.45) is 0 Å². The Kier molecular flexibility index (Phi) is 5.84. The summed E-state index contributed by atoms with van der Waals surface area (Å²) in [5.41, 5.74) is 0.308. The molecule has 0 saturated carbocycles. The van der Waals surface area contributed by atoms with E-state index in [0.29, 0.717) is 28.2 Å². The van der Waals surface area contributed by atoms with Crippen LogP contribution in [0.25, 0.3) is 11.0 Å². The van der Waals surface area contributed by atoms with E-state index in [-0.39, 0.29) is 24.8 Å². The molecule has 0 aliphatic rings. The average Bonchev–Trinajstić information content (AvgIpc) is 3.26. The van der Waals surface area contributed by atoms with Crippen molar-refractivity contribution in [3.63, 3.8) is 0 Å². The number of hydrogen-bond acceptors (Lipinski definition) is 6. The van der Waals surface area contributed by atoms with Crippen molar-refractivity contribution in [2.75, 3.05) is 0 Å². The lowest BCUT2D eigenvalue weighted by molar-refractivity contribution is 0.0711. The van der Waals surface area contributed by atoms with Crippen LogP contribution in [0.3, 0.4) is 0 Å². The normalized spacial score (nSPS) is 11.1. The minimum Gasteiger partial charge on any atom is -0.491 e. The Morgan fingerprint density at radius 1 is 1.10 bits per heavy atom. The Balaban J connectivity index is 1.68. The van der Waals surface area contributed by atoms with E-state index in [4.69, 9.17) is 13.6 Å². The summed E-state index contributed by atoms with van der Waals surface area (Å²) in [5, 5.41) is 0.634. The second-order valence-corrected chi connectivity index (χ2v) is 7.38. The van der Waals surface area contributed by atoms with Gasteiger partial charge in [0.2, 0.25) is 0 Å². The van der Waals surface area contributed by atoms with E-state index in [1.54, 1.807) is 54.9 Å². The van der Waals surface area contributed by atoms with Gasteiger partial charge in [0.15, 0.2) is 0 Å². The molecule has 0 radical (unpaired) electrons. The number of amides is 1. The zero-order valence-electron chi connectivity index (χ0n) is 17.3. The topological polar surface area (TPSA) is 85.8 Å². The molecule has 158 valence electrons. The molecule has 3 heterocycles. The van der Waals surface area contributed by atoms with Crippen molar-refractivity contribution in [3.05, 3.63) is 94.5 Å². The van der Waals surface area contributed by atoms with Gasteiger partial charge in [0.1, 0.15) is 22.7 Å². The van der Waals surface area contributed by atoms with Crippen LogP contribution < -0.4 is 10.4 Å². The molecule has 0 spiro atoms. The fraction of sp³-hybridized carbons (Fsp3) is 0.208. The second kappa shape index (κ2) is 8.87. The quantitative estimate of drug-likeness (QED) is 0.413. The molecule has 0 aliphatic carbocycles. The maximum absolute atomic E-state index is 13.3. The van der Waals surface area contributed by atoms with Crippen LogP contribution in [0, 0.1) is 0 Å². The Morgan fingerprint density at radius 2 is 1.97 bits per heavy atom. The van der Waals surface area contributed by atoms with E-state index in [1.165, 1.54) is 4.90 Å². The Morgan fingerprint density at radius 3 is 2.68 bits per heavy atom. The van der Waals surface area contributed by atoms with Crippen LogP contribution in [0.1, 0.15) is 35.7 Å². The zero-order valence-corrected chi connectivity index (χ0v) is 17.3. The number of rotatable bonds is 7. The van der Waals surface area contributed by atoms with E-state index in [1.807, 2.05) is 26.0 Å². The highest BCUT2D eigenvalue weighted by Gasteiger charge is 2.22. The van der Waals surface area contributed by atoms with Crippen molar-refractivity contribution in [1.29, 1.82) is 0 Å². The van der Waals surface area contributed by atoms with Crippen molar-refractivity contribution < 1.29 is 18.4 Å². The van der Waals surface area contributed by atoms with Crippen molar-refractivity contribution in [2.45, 2.75) is 33.0 Å². The molecule has 7 nitrogen and oxygen atoms in total. The van der Waals surface area contributed by atoms with Crippen LogP contribution in [0.2, 0.25) is 0 Å². The monoisotopic (exact) mass is 418 g/mol. The number of aromatic nitrogens is 1. The lowest BCUT2D eigenvalue weighted by Crippen LogP contribution is -2.33. The van der Waals surface area contributed by atoms with Gasteiger partial charge in [-0.1, -0.05) is 6.07 Å². The third-order valence-electron chi connectivity index (χ3n) is 4.60. The lowest BCUT2D eigenvalue weighted by atomic mass is 10.1. The van der Waals surface area contributed by atoms with Gasteiger partial charge in [0, 0.05) is 17.6 Å². The summed E-state index contributed by atoms with van der Waals surface area (Å²) >= 11 is 0. The van der Waals surface area contributed by atoms with E-state index in [0.717, 1.165) is 0 Å². The predicted molar refractivity (Wildman–Crippen MR) is 115 cm³/mol. The molecule has 0 saturated heterocycles.